The highest BCUT2D eigenvalue weighted by Crippen LogP contribution is 2.41. The van der Waals surface area contributed by atoms with Gasteiger partial charge in [-0.3, -0.25) is 4.79 Å². The van der Waals surface area contributed by atoms with Gasteiger partial charge in [0, 0.05) is 42.8 Å². The molecular formula is C28H32ClF2N5O3. The highest BCUT2D eigenvalue weighted by atomic mass is 35.5. The Hall–Kier alpha value is -3.37. The maximum atomic E-state index is 13.9. The number of hydrogen-bond donors (Lipinski definition) is 2. The van der Waals surface area contributed by atoms with Crippen LogP contribution in [-0.2, 0) is 4.79 Å². The van der Waals surface area contributed by atoms with Crippen LogP contribution in [0.5, 0.6) is 11.5 Å². The van der Waals surface area contributed by atoms with Crippen molar-refractivity contribution in [2.45, 2.75) is 24.9 Å². The summed E-state index contributed by atoms with van der Waals surface area (Å²) in [6.45, 7) is 4.16. The van der Waals surface area contributed by atoms with Crippen molar-refractivity contribution in [3.8, 4) is 22.8 Å². The van der Waals surface area contributed by atoms with Crippen molar-refractivity contribution in [1.82, 2.24) is 20.0 Å². The largest absolute Gasteiger partial charge is 0.493 e. The molecule has 0 aliphatic carbocycles. The predicted octanol–water partition coefficient (Wildman–Crippen LogP) is 4.88. The number of anilines is 1. The van der Waals surface area contributed by atoms with Crippen LogP contribution in [0, 0.1) is 11.8 Å². The predicted molar refractivity (Wildman–Crippen MR) is 146 cm³/mol. The topological polar surface area (TPSA) is 80.6 Å². The second kappa shape index (κ2) is 11.8. The number of carbonyl (C=O) groups is 1. The zero-order valence-corrected chi connectivity index (χ0v) is 22.6. The zero-order valence-electron chi connectivity index (χ0n) is 21.8. The number of fused-ring (bicyclic) bond motifs is 2. The lowest BCUT2D eigenvalue weighted by molar-refractivity contribution is -0.117. The van der Waals surface area contributed by atoms with Crippen molar-refractivity contribution in [1.29, 1.82) is 0 Å². The number of amides is 1. The third kappa shape index (κ3) is 5.81. The van der Waals surface area contributed by atoms with Gasteiger partial charge in [0.1, 0.15) is 11.9 Å². The quantitative estimate of drug-likeness (QED) is 0.419. The number of ether oxygens (including phenoxy) is 2. The molecule has 8 nitrogen and oxygen atoms in total. The number of aromatic nitrogens is 2. The number of halogens is 3. The number of benzene rings is 2. The normalized spacial score (nSPS) is 23.4. The summed E-state index contributed by atoms with van der Waals surface area (Å²) in [6, 6.07) is 13.0. The number of carbonyl (C=O) groups excluding carboxylic acids is 1. The zero-order chi connectivity index (χ0) is 27.5. The molecule has 208 valence electrons. The Bertz CT molecular complexity index is 1280. The Balaban J connectivity index is 0.000000257. The second-order valence-electron chi connectivity index (χ2n) is 10.1. The lowest BCUT2D eigenvalue weighted by Crippen LogP contribution is -2.30. The summed E-state index contributed by atoms with van der Waals surface area (Å²) in [6.07, 6.45) is -1.38. The van der Waals surface area contributed by atoms with Gasteiger partial charge in [0.25, 0.3) is 6.43 Å². The van der Waals surface area contributed by atoms with Gasteiger partial charge < -0.3 is 25.0 Å². The Labute approximate surface area is 231 Å². The molecular weight excluding hydrogens is 528 g/mol. The first-order valence-electron chi connectivity index (χ1n) is 12.9. The minimum absolute atomic E-state index is 0.196. The molecule has 3 aromatic rings. The molecule has 6 rings (SSSR count). The van der Waals surface area contributed by atoms with Gasteiger partial charge in [-0.1, -0.05) is 29.8 Å². The average molecular weight is 560 g/mol. The second-order valence-corrected chi connectivity index (χ2v) is 10.5. The van der Waals surface area contributed by atoms with E-state index in [9.17, 15) is 13.6 Å². The Morgan fingerprint density at radius 1 is 1.03 bits per heavy atom. The first kappa shape index (κ1) is 27.2. The Morgan fingerprint density at radius 3 is 2.33 bits per heavy atom. The third-order valence-electron chi connectivity index (χ3n) is 7.66. The van der Waals surface area contributed by atoms with Crippen LogP contribution in [0.2, 0.25) is 5.02 Å². The lowest BCUT2D eigenvalue weighted by Gasteiger charge is -2.32. The average Bonchev–Trinajstić information content (AvgIpc) is 3.67. The number of alkyl halides is 2. The number of likely N-dealkylation sites (tertiary alicyclic amines) is 1. The van der Waals surface area contributed by atoms with Crippen LogP contribution in [0.4, 0.5) is 14.6 Å². The highest BCUT2D eigenvalue weighted by molar-refractivity contribution is 6.30. The summed E-state index contributed by atoms with van der Waals surface area (Å²) in [5.74, 6) is 3.18. The van der Waals surface area contributed by atoms with Crippen LogP contribution in [0.1, 0.15) is 24.1 Å². The highest BCUT2D eigenvalue weighted by Gasteiger charge is 2.36. The third-order valence-corrected chi connectivity index (χ3v) is 7.91. The Kier molecular flexibility index (Phi) is 8.23. The molecule has 2 fully saturated rings. The van der Waals surface area contributed by atoms with Gasteiger partial charge in [0.05, 0.1) is 26.0 Å². The van der Waals surface area contributed by atoms with Crippen LogP contribution in [0.25, 0.3) is 11.3 Å². The summed E-state index contributed by atoms with van der Waals surface area (Å²) >= 11 is 5.94. The van der Waals surface area contributed by atoms with E-state index >= 15 is 0 Å². The minimum atomic E-state index is -2.54. The number of hydrogen-bond acceptors (Lipinski definition) is 6. The monoisotopic (exact) mass is 559 g/mol. The fraction of sp³-hybridized carbons (Fsp3) is 0.429. The van der Waals surface area contributed by atoms with Crippen LogP contribution < -0.4 is 20.1 Å². The first-order valence-corrected chi connectivity index (χ1v) is 13.3. The van der Waals surface area contributed by atoms with E-state index in [-0.39, 0.29) is 12.5 Å². The summed E-state index contributed by atoms with van der Waals surface area (Å²) in [7, 11) is 3.10. The summed E-state index contributed by atoms with van der Waals surface area (Å²) < 4.78 is 39.7. The molecule has 11 heteroatoms. The van der Waals surface area contributed by atoms with Gasteiger partial charge in [-0.05, 0) is 48.1 Å². The van der Waals surface area contributed by atoms with Crippen molar-refractivity contribution in [3.63, 3.8) is 0 Å². The van der Waals surface area contributed by atoms with Crippen molar-refractivity contribution in [2.75, 3.05) is 45.7 Å². The molecule has 0 radical (unpaired) electrons. The lowest BCUT2D eigenvalue weighted by atomic mass is 9.97. The number of nitrogens with zero attached hydrogens (tertiary/aromatic N) is 3. The van der Waals surface area contributed by atoms with E-state index < -0.39 is 12.5 Å². The molecule has 2 saturated heterocycles. The van der Waals surface area contributed by atoms with Crippen LogP contribution in [-0.4, -0.2) is 67.9 Å². The molecule has 0 bridgehead atoms. The smallest absolute Gasteiger partial charge is 0.260 e. The Morgan fingerprint density at radius 2 is 1.72 bits per heavy atom. The van der Waals surface area contributed by atoms with Gasteiger partial charge >= 0.3 is 0 Å². The van der Waals surface area contributed by atoms with Crippen molar-refractivity contribution >= 4 is 23.8 Å². The van der Waals surface area contributed by atoms with E-state index in [1.165, 1.54) is 4.68 Å². The molecule has 3 aliphatic heterocycles. The van der Waals surface area contributed by atoms with Crippen LogP contribution in [0.3, 0.4) is 0 Å². The molecule has 4 atom stereocenters. The summed E-state index contributed by atoms with van der Waals surface area (Å²) in [5, 5.41) is 11.7. The minimum Gasteiger partial charge on any atom is -0.493 e. The van der Waals surface area contributed by atoms with E-state index in [0.717, 1.165) is 55.6 Å². The molecule has 39 heavy (non-hydrogen) atoms. The SMILES string of the molecule is COc1ccc(C2CC(C(F)F)n3nc(-c4ccc(Cl)cc4)cc3N2)cc1OC.O=CN1CC2CNCC2C1. The molecule has 3 aliphatic rings. The van der Waals surface area contributed by atoms with Crippen LogP contribution in [0.15, 0.2) is 48.5 Å². The molecule has 0 saturated carbocycles. The standard InChI is InChI=1S/C21H20ClF2N3O2.C7H12N2O/c1-28-18-8-5-13(9-19(18)29-2)15-10-17(21(23)24)27-20(25-15)11-16(26-27)12-3-6-14(22)7-4-12;10-5-9-3-6-1-8-2-7(6)4-9/h3-9,11,15,17,21,25H,10H2,1-2H3;5-8H,1-4H2. The van der Waals surface area contributed by atoms with Gasteiger partial charge in [-0.25, -0.2) is 13.5 Å². The molecule has 2 aromatic carbocycles. The van der Waals surface area contributed by atoms with E-state index in [4.69, 9.17) is 21.1 Å². The van der Waals surface area contributed by atoms with E-state index in [1.807, 2.05) is 29.2 Å². The van der Waals surface area contributed by atoms with E-state index in [1.54, 1.807) is 38.5 Å². The molecule has 0 spiro atoms. The molecule has 1 amide bonds. The maximum absolute atomic E-state index is 13.9. The van der Waals surface area contributed by atoms with Gasteiger partial charge in [0.2, 0.25) is 6.41 Å². The summed E-state index contributed by atoms with van der Waals surface area (Å²) in [4.78, 5) is 12.2. The maximum Gasteiger partial charge on any atom is 0.260 e. The molecule has 4 heterocycles. The van der Waals surface area contributed by atoms with Crippen molar-refractivity contribution in [3.05, 3.63) is 59.1 Å². The number of methoxy groups -OCH3 is 2. The summed E-state index contributed by atoms with van der Waals surface area (Å²) in [5.41, 5.74) is 2.27. The molecule has 4 unspecified atom stereocenters. The fourth-order valence-corrected chi connectivity index (χ4v) is 5.70. The van der Waals surface area contributed by atoms with Gasteiger partial charge in [0.15, 0.2) is 11.5 Å². The number of nitrogens with one attached hydrogen (secondary N) is 2. The number of rotatable bonds is 6. The fourth-order valence-electron chi connectivity index (χ4n) is 5.57. The molecule has 1 aromatic heterocycles. The van der Waals surface area contributed by atoms with E-state index in [0.29, 0.717) is 28.0 Å². The van der Waals surface area contributed by atoms with E-state index in [2.05, 4.69) is 15.7 Å². The van der Waals surface area contributed by atoms with Gasteiger partial charge in [-0.15, -0.1) is 0 Å². The van der Waals surface area contributed by atoms with Crippen molar-refractivity contribution < 1.29 is 23.0 Å². The van der Waals surface area contributed by atoms with Crippen LogP contribution >= 0.6 is 11.6 Å². The molecule has 2 N–H and O–H groups in total. The van der Waals surface area contributed by atoms with Crippen molar-refractivity contribution in [2.24, 2.45) is 11.8 Å². The first-order chi connectivity index (χ1) is 18.9. The van der Waals surface area contributed by atoms with Gasteiger partial charge in [-0.2, -0.15) is 5.10 Å².